The maximum atomic E-state index is 13.9. The molecule has 75 heavy (non-hydrogen) atoms. The molecule has 2 amide bonds. The van der Waals surface area contributed by atoms with Crippen molar-refractivity contribution in [1.29, 1.82) is 0 Å². The van der Waals surface area contributed by atoms with Crippen molar-refractivity contribution in [3.05, 3.63) is 0 Å². The number of nitrogens with one attached hydrogen (secondary N) is 2. The molecule has 0 aromatic carbocycles. The molecule has 13 atom stereocenters. The van der Waals surface area contributed by atoms with Gasteiger partial charge in [0.1, 0.15) is 54.3 Å². The summed E-state index contributed by atoms with van der Waals surface area (Å²) in [5.74, 6) is -2.05. The number of esters is 1. The Morgan fingerprint density at radius 1 is 0.627 bits per heavy atom. The van der Waals surface area contributed by atoms with E-state index in [1.165, 1.54) is 70.6 Å². The minimum Gasteiger partial charge on any atom is -0.462 e. The second-order valence-corrected chi connectivity index (χ2v) is 22.5. The van der Waals surface area contributed by atoms with E-state index in [0.29, 0.717) is 32.1 Å². The van der Waals surface area contributed by atoms with Gasteiger partial charge in [-0.3, -0.25) is 18.9 Å². The minimum atomic E-state index is -5.34. The monoisotopic (exact) mass is 1100 g/mol. The Balaban J connectivity index is 2.18. The van der Waals surface area contributed by atoms with E-state index in [2.05, 4.69) is 31.4 Å². The summed E-state index contributed by atoms with van der Waals surface area (Å²) in [5.41, 5.74) is -2.38. The Bertz CT molecular complexity index is 1560. The number of unbranched alkanes of at least 4 members (excludes halogenated alkanes) is 24. The second-order valence-electron chi connectivity index (χ2n) is 21.3. The van der Waals surface area contributed by atoms with Crippen LogP contribution in [0.3, 0.4) is 0 Å². The average Bonchev–Trinajstić information content (AvgIpc) is 3.35. The highest BCUT2D eigenvalue weighted by atomic mass is 31.2. The molecule has 11 N–H and O–H groups in total. The number of phosphoric ester groups is 1. The third-order valence-electron chi connectivity index (χ3n) is 14.7. The zero-order valence-electron chi connectivity index (χ0n) is 46.1. The standard InChI is InChI=1S/C54H103N2O18P/c1-5-8-11-14-17-20-23-26-29-32-40(59)35-45(61)56-54(39(4)58)51(65)48(63)43(73-53(54)66)38-70-52-47(49(64)50(42(37-57)72-52)74-75(67,68)69)55-44(60)36-41(33-30-27-24-21-18-15-12-9-6-2)71-46(62)34-31-28-25-22-19-16-13-10-7-3/h39-43,47-53,57-59,63-66H,5-38H2,1-4H3,(H,55,60)(H,56,61)(H2,67,68,69)/t39?,40-,41-,42-,43-,47-,48-,49-,50-,51+,52-,53+,54-/m1/s1. The first-order valence-electron chi connectivity index (χ1n) is 29.0. The van der Waals surface area contributed by atoms with Gasteiger partial charge in [0.25, 0.3) is 0 Å². The van der Waals surface area contributed by atoms with Gasteiger partial charge in [-0.1, -0.05) is 181 Å². The number of amides is 2. The van der Waals surface area contributed by atoms with Crippen LogP contribution in [0.1, 0.15) is 233 Å². The van der Waals surface area contributed by atoms with E-state index >= 15 is 0 Å². The van der Waals surface area contributed by atoms with Gasteiger partial charge in [-0.25, -0.2) is 4.57 Å². The zero-order chi connectivity index (χ0) is 55.7. The van der Waals surface area contributed by atoms with E-state index in [0.717, 1.165) is 90.4 Å². The van der Waals surface area contributed by atoms with Crippen LogP contribution in [-0.4, -0.2) is 156 Å². The lowest BCUT2D eigenvalue weighted by Gasteiger charge is -2.51. The Labute approximate surface area is 448 Å². The summed E-state index contributed by atoms with van der Waals surface area (Å²) >= 11 is 0. The number of ether oxygens (including phenoxy) is 4. The molecule has 20 nitrogen and oxygen atoms in total. The van der Waals surface area contributed by atoms with Crippen LogP contribution in [-0.2, 0) is 42.4 Å². The van der Waals surface area contributed by atoms with E-state index in [1.54, 1.807) is 0 Å². The minimum absolute atomic E-state index is 0.173. The number of aliphatic hydroxyl groups is 7. The zero-order valence-corrected chi connectivity index (χ0v) is 47.0. The molecule has 442 valence electrons. The van der Waals surface area contributed by atoms with Gasteiger partial charge >= 0.3 is 13.8 Å². The fourth-order valence-corrected chi connectivity index (χ4v) is 10.7. The van der Waals surface area contributed by atoms with Crippen molar-refractivity contribution >= 4 is 25.6 Å². The highest BCUT2D eigenvalue weighted by molar-refractivity contribution is 7.46. The van der Waals surface area contributed by atoms with Gasteiger partial charge in [0, 0.05) is 6.42 Å². The molecule has 0 spiro atoms. The summed E-state index contributed by atoms with van der Waals surface area (Å²) in [4.78, 5) is 59.7. The molecule has 2 aliphatic heterocycles. The van der Waals surface area contributed by atoms with E-state index < -0.39 is 124 Å². The normalized spacial score (nSPS) is 26.4. The van der Waals surface area contributed by atoms with Gasteiger partial charge in [0.05, 0.1) is 38.3 Å². The van der Waals surface area contributed by atoms with Crippen LogP contribution in [0.4, 0.5) is 0 Å². The maximum Gasteiger partial charge on any atom is 0.470 e. The molecular formula is C54H103N2O18P. The highest BCUT2D eigenvalue weighted by Gasteiger charge is 2.59. The predicted molar refractivity (Wildman–Crippen MR) is 283 cm³/mol. The van der Waals surface area contributed by atoms with Crippen molar-refractivity contribution < 1.29 is 88.0 Å². The van der Waals surface area contributed by atoms with Gasteiger partial charge in [-0.2, -0.15) is 0 Å². The predicted octanol–water partition coefficient (Wildman–Crippen LogP) is 6.53. The van der Waals surface area contributed by atoms with Gasteiger partial charge in [0.15, 0.2) is 12.6 Å². The second kappa shape index (κ2) is 39.5. The number of hydrogen-bond acceptors (Lipinski definition) is 16. The van der Waals surface area contributed by atoms with Crippen LogP contribution in [0.5, 0.6) is 0 Å². The maximum absolute atomic E-state index is 13.9. The first kappa shape index (κ1) is 69.2. The summed E-state index contributed by atoms with van der Waals surface area (Å²) in [5, 5.41) is 82.4. The number of rotatable bonds is 44. The highest BCUT2D eigenvalue weighted by Crippen LogP contribution is 2.42. The molecule has 0 bridgehead atoms. The van der Waals surface area contributed by atoms with E-state index in [9.17, 15) is 64.5 Å². The third-order valence-corrected chi connectivity index (χ3v) is 15.2. The Hall–Kier alpha value is -1.88. The summed E-state index contributed by atoms with van der Waals surface area (Å²) in [6.07, 6.45) is 9.81. The van der Waals surface area contributed by atoms with Crippen molar-refractivity contribution in [3.8, 4) is 0 Å². The molecule has 2 saturated heterocycles. The van der Waals surface area contributed by atoms with E-state index in [4.69, 9.17) is 23.5 Å². The lowest BCUT2D eigenvalue weighted by molar-refractivity contribution is -0.318. The number of carbonyl (C=O) groups is 3. The first-order chi connectivity index (χ1) is 35.8. The Kier molecular flexibility index (Phi) is 36.4. The number of hydrogen-bond donors (Lipinski definition) is 11. The first-order valence-corrected chi connectivity index (χ1v) is 30.5. The molecule has 0 aromatic rings. The molecule has 2 aliphatic rings. The summed E-state index contributed by atoms with van der Waals surface area (Å²) in [6, 6.07) is -1.68. The molecule has 21 heteroatoms. The third kappa shape index (κ3) is 27.2. The topological polar surface area (TPSA) is 321 Å². The van der Waals surface area contributed by atoms with Crippen LogP contribution >= 0.6 is 7.82 Å². The van der Waals surface area contributed by atoms with Crippen molar-refractivity contribution in [2.24, 2.45) is 0 Å². The van der Waals surface area contributed by atoms with Crippen LogP contribution < -0.4 is 10.6 Å². The Morgan fingerprint density at radius 3 is 1.59 bits per heavy atom. The summed E-state index contributed by atoms with van der Waals surface area (Å²) < 4.78 is 40.1. The average molecular weight is 1100 g/mol. The molecular weight excluding hydrogens is 996 g/mol. The van der Waals surface area contributed by atoms with Crippen LogP contribution in [0.2, 0.25) is 0 Å². The van der Waals surface area contributed by atoms with Crippen LogP contribution in [0.15, 0.2) is 0 Å². The summed E-state index contributed by atoms with van der Waals surface area (Å²) in [6.45, 7) is 5.96. The molecule has 0 aliphatic carbocycles. The lowest BCUT2D eigenvalue weighted by atomic mass is 9.79. The van der Waals surface area contributed by atoms with Gasteiger partial charge in [-0.05, 0) is 32.6 Å². The Morgan fingerprint density at radius 2 is 1.11 bits per heavy atom. The SMILES string of the molecule is CCCCCCCCCCCC(=O)O[C@H](CCCCCCCCCCC)CC(=O)N[C@H]1[C@H](OC[C@H]2O[C@H](O)[C@@](NC(=O)C[C@H](O)CCCCCCCCCCC)(C(C)O)[C@@H](O)[C@@H]2O)O[C@H](CO)[C@@H](OP(=O)(O)O)[C@@H]1O. The fourth-order valence-electron chi connectivity index (χ4n) is 10.1. The molecule has 1 unspecified atom stereocenters. The number of phosphoric acid groups is 1. The largest absolute Gasteiger partial charge is 0.470 e. The van der Waals surface area contributed by atoms with Gasteiger partial charge < -0.3 is 75.1 Å². The molecule has 2 rings (SSSR count). The van der Waals surface area contributed by atoms with Crippen LogP contribution in [0, 0.1) is 0 Å². The number of aliphatic hydroxyl groups excluding tert-OH is 7. The quantitative estimate of drug-likeness (QED) is 0.0175. The smallest absolute Gasteiger partial charge is 0.462 e. The van der Waals surface area contributed by atoms with Crippen molar-refractivity contribution in [2.45, 2.75) is 312 Å². The summed E-state index contributed by atoms with van der Waals surface area (Å²) in [7, 11) is -5.34. The van der Waals surface area contributed by atoms with E-state index in [1.807, 2.05) is 0 Å². The molecule has 0 saturated carbocycles. The molecule has 0 radical (unpaired) electrons. The molecule has 2 fully saturated rings. The van der Waals surface area contributed by atoms with Crippen molar-refractivity contribution in [3.63, 3.8) is 0 Å². The molecule has 0 aromatic heterocycles. The number of carbonyl (C=O) groups excluding carboxylic acids is 3. The fraction of sp³-hybridized carbons (Fsp3) is 0.944. The lowest BCUT2D eigenvalue weighted by Crippen LogP contribution is -2.77. The molecule has 2 heterocycles. The van der Waals surface area contributed by atoms with Gasteiger partial charge in [-0.15, -0.1) is 0 Å². The van der Waals surface area contributed by atoms with Crippen molar-refractivity contribution in [1.82, 2.24) is 10.6 Å². The van der Waals surface area contributed by atoms with Gasteiger partial charge in [0.2, 0.25) is 11.8 Å². The van der Waals surface area contributed by atoms with Crippen LogP contribution in [0.25, 0.3) is 0 Å². The van der Waals surface area contributed by atoms with Crippen molar-refractivity contribution in [2.75, 3.05) is 13.2 Å². The van der Waals surface area contributed by atoms with E-state index in [-0.39, 0.29) is 12.8 Å².